The zero-order chi connectivity index (χ0) is 12.8. The fourth-order valence-corrected chi connectivity index (χ4v) is 3.07. The van der Waals surface area contributed by atoms with E-state index in [0.717, 1.165) is 38.8 Å². The van der Waals surface area contributed by atoms with E-state index in [0.29, 0.717) is 6.54 Å². The third-order valence-electron chi connectivity index (χ3n) is 4.33. The fraction of sp³-hybridized carbons (Fsp3) is 0.929. The highest BCUT2D eigenvalue weighted by molar-refractivity contribution is 5.74. The second-order valence-electron chi connectivity index (χ2n) is 5.98. The summed E-state index contributed by atoms with van der Waals surface area (Å²) in [6.45, 7) is 2.45. The summed E-state index contributed by atoms with van der Waals surface area (Å²) in [6, 6.07) is 0.0901. The van der Waals surface area contributed by atoms with Crippen molar-refractivity contribution in [2.45, 2.75) is 63.3 Å². The van der Waals surface area contributed by atoms with Gasteiger partial charge in [-0.05, 0) is 25.7 Å². The van der Waals surface area contributed by atoms with E-state index in [2.05, 4.69) is 5.32 Å². The van der Waals surface area contributed by atoms with Crippen LogP contribution in [0.25, 0.3) is 0 Å². The number of nitrogens with two attached hydrogens (primary N) is 1. The molecule has 0 atom stereocenters. The molecular formula is C14H27N3O. The van der Waals surface area contributed by atoms with Crippen molar-refractivity contribution in [3.63, 3.8) is 0 Å². The highest BCUT2D eigenvalue weighted by Crippen LogP contribution is 2.25. The maximum atomic E-state index is 12.1. The molecule has 18 heavy (non-hydrogen) atoms. The molecule has 0 aromatic rings. The van der Waals surface area contributed by atoms with E-state index in [4.69, 9.17) is 5.73 Å². The Kier molecular flexibility index (Phi) is 4.87. The minimum Gasteiger partial charge on any atom is -0.336 e. The first-order valence-electron chi connectivity index (χ1n) is 7.51. The fourth-order valence-electron chi connectivity index (χ4n) is 3.07. The second-order valence-corrected chi connectivity index (χ2v) is 5.98. The molecule has 2 fully saturated rings. The van der Waals surface area contributed by atoms with Crippen LogP contribution < -0.4 is 11.1 Å². The van der Waals surface area contributed by atoms with E-state index in [9.17, 15) is 4.79 Å². The number of nitrogens with one attached hydrogen (secondary N) is 1. The molecule has 2 aliphatic rings. The number of carbonyl (C=O) groups excluding carboxylic acids is 1. The number of nitrogens with zero attached hydrogens (tertiary/aromatic N) is 1. The molecule has 0 aromatic carbocycles. The summed E-state index contributed by atoms with van der Waals surface area (Å²) in [5.74, 6) is 0. The van der Waals surface area contributed by atoms with E-state index in [1.165, 1.54) is 32.1 Å². The van der Waals surface area contributed by atoms with Crippen molar-refractivity contribution in [2.75, 3.05) is 19.6 Å². The lowest BCUT2D eigenvalue weighted by Crippen LogP contribution is -2.53. The van der Waals surface area contributed by atoms with Crippen LogP contribution in [0.15, 0.2) is 0 Å². The molecule has 4 heteroatoms. The SMILES string of the molecule is NC1(CNC(=O)N2CCCCCC2)CCCCC1. The third kappa shape index (κ3) is 3.87. The van der Waals surface area contributed by atoms with Crippen LogP contribution in [-0.2, 0) is 0 Å². The first kappa shape index (κ1) is 13.7. The largest absolute Gasteiger partial charge is 0.336 e. The van der Waals surface area contributed by atoms with Gasteiger partial charge in [0.25, 0.3) is 0 Å². The quantitative estimate of drug-likeness (QED) is 0.793. The minimum absolute atomic E-state index is 0.0901. The number of hydrogen-bond donors (Lipinski definition) is 2. The Labute approximate surface area is 110 Å². The van der Waals surface area contributed by atoms with Crippen LogP contribution in [0.2, 0.25) is 0 Å². The number of hydrogen-bond acceptors (Lipinski definition) is 2. The summed E-state index contributed by atoms with van der Waals surface area (Å²) in [7, 11) is 0. The minimum atomic E-state index is -0.153. The van der Waals surface area contributed by atoms with Crippen LogP contribution in [-0.4, -0.2) is 36.1 Å². The van der Waals surface area contributed by atoms with Gasteiger partial charge in [0, 0.05) is 25.2 Å². The van der Waals surface area contributed by atoms with Crippen molar-refractivity contribution in [2.24, 2.45) is 5.73 Å². The topological polar surface area (TPSA) is 58.4 Å². The van der Waals surface area contributed by atoms with Crippen molar-refractivity contribution in [3.05, 3.63) is 0 Å². The summed E-state index contributed by atoms with van der Waals surface area (Å²) in [4.78, 5) is 14.1. The first-order valence-corrected chi connectivity index (χ1v) is 7.51. The Balaban J connectivity index is 1.76. The summed E-state index contributed by atoms with van der Waals surface area (Å²) >= 11 is 0. The number of amides is 2. The van der Waals surface area contributed by atoms with Crippen molar-refractivity contribution in [3.8, 4) is 0 Å². The number of carbonyl (C=O) groups is 1. The smallest absolute Gasteiger partial charge is 0.317 e. The van der Waals surface area contributed by atoms with Gasteiger partial charge in [0.2, 0.25) is 0 Å². The molecule has 1 saturated heterocycles. The van der Waals surface area contributed by atoms with Crippen molar-refractivity contribution >= 4 is 6.03 Å². The van der Waals surface area contributed by atoms with Crippen LogP contribution in [0.4, 0.5) is 4.79 Å². The molecule has 2 amide bonds. The van der Waals surface area contributed by atoms with Gasteiger partial charge in [-0.15, -0.1) is 0 Å². The second kappa shape index (κ2) is 6.41. The summed E-state index contributed by atoms with van der Waals surface area (Å²) in [5, 5.41) is 3.05. The summed E-state index contributed by atoms with van der Waals surface area (Å²) in [6.07, 6.45) is 10.6. The Morgan fingerprint density at radius 3 is 2.17 bits per heavy atom. The standard InChI is InChI=1S/C14H27N3O/c15-14(8-4-3-5-9-14)12-16-13(18)17-10-6-1-2-7-11-17/h1-12,15H2,(H,16,18). The lowest BCUT2D eigenvalue weighted by Gasteiger charge is -2.34. The lowest BCUT2D eigenvalue weighted by atomic mass is 9.82. The molecule has 2 rings (SSSR count). The normalized spacial score (nSPS) is 24.4. The molecule has 0 aromatic heterocycles. The van der Waals surface area contributed by atoms with Gasteiger partial charge < -0.3 is 16.0 Å². The van der Waals surface area contributed by atoms with Gasteiger partial charge in [0.1, 0.15) is 0 Å². The van der Waals surface area contributed by atoms with E-state index < -0.39 is 0 Å². The van der Waals surface area contributed by atoms with Crippen LogP contribution >= 0.6 is 0 Å². The molecule has 104 valence electrons. The van der Waals surface area contributed by atoms with Crippen LogP contribution in [0.3, 0.4) is 0 Å². The third-order valence-corrected chi connectivity index (χ3v) is 4.33. The zero-order valence-electron chi connectivity index (χ0n) is 11.4. The van der Waals surface area contributed by atoms with Crippen molar-refractivity contribution in [1.82, 2.24) is 10.2 Å². The molecular weight excluding hydrogens is 226 g/mol. The molecule has 0 radical (unpaired) electrons. The van der Waals surface area contributed by atoms with Crippen LogP contribution in [0.1, 0.15) is 57.8 Å². The average Bonchev–Trinajstić information content (AvgIpc) is 2.66. The first-order chi connectivity index (χ1) is 8.70. The predicted octanol–water partition coefficient (Wildman–Crippen LogP) is 2.23. The molecule has 1 aliphatic carbocycles. The summed E-state index contributed by atoms with van der Waals surface area (Å²) in [5.41, 5.74) is 6.18. The summed E-state index contributed by atoms with van der Waals surface area (Å²) < 4.78 is 0. The molecule has 0 bridgehead atoms. The molecule has 1 aliphatic heterocycles. The zero-order valence-corrected chi connectivity index (χ0v) is 11.4. The van der Waals surface area contributed by atoms with Crippen LogP contribution in [0, 0.1) is 0 Å². The maximum Gasteiger partial charge on any atom is 0.317 e. The molecule has 0 unspecified atom stereocenters. The van der Waals surface area contributed by atoms with Gasteiger partial charge in [-0.2, -0.15) is 0 Å². The number of urea groups is 1. The highest BCUT2D eigenvalue weighted by Gasteiger charge is 2.28. The number of likely N-dealkylation sites (tertiary alicyclic amines) is 1. The molecule has 1 heterocycles. The molecule has 0 spiro atoms. The highest BCUT2D eigenvalue weighted by atomic mass is 16.2. The van der Waals surface area contributed by atoms with Gasteiger partial charge in [-0.3, -0.25) is 0 Å². The van der Waals surface area contributed by atoms with Gasteiger partial charge in [-0.25, -0.2) is 4.79 Å². The Bertz CT molecular complexity index is 266. The van der Waals surface area contributed by atoms with E-state index >= 15 is 0 Å². The van der Waals surface area contributed by atoms with Gasteiger partial charge in [0.15, 0.2) is 0 Å². The predicted molar refractivity (Wildman–Crippen MR) is 73.4 cm³/mol. The van der Waals surface area contributed by atoms with Gasteiger partial charge in [0.05, 0.1) is 0 Å². The van der Waals surface area contributed by atoms with E-state index in [1.54, 1.807) is 0 Å². The monoisotopic (exact) mass is 253 g/mol. The Hall–Kier alpha value is -0.770. The lowest BCUT2D eigenvalue weighted by molar-refractivity contribution is 0.192. The maximum absolute atomic E-state index is 12.1. The van der Waals surface area contributed by atoms with Gasteiger partial charge >= 0.3 is 6.03 Å². The molecule has 4 nitrogen and oxygen atoms in total. The van der Waals surface area contributed by atoms with Gasteiger partial charge in [-0.1, -0.05) is 32.1 Å². The molecule has 3 N–H and O–H groups in total. The Morgan fingerprint density at radius 1 is 1.00 bits per heavy atom. The van der Waals surface area contributed by atoms with E-state index in [1.807, 2.05) is 4.90 Å². The van der Waals surface area contributed by atoms with E-state index in [-0.39, 0.29) is 11.6 Å². The van der Waals surface area contributed by atoms with Crippen molar-refractivity contribution in [1.29, 1.82) is 0 Å². The number of rotatable bonds is 2. The average molecular weight is 253 g/mol. The molecule has 1 saturated carbocycles. The van der Waals surface area contributed by atoms with Crippen molar-refractivity contribution < 1.29 is 4.79 Å². The Morgan fingerprint density at radius 2 is 1.56 bits per heavy atom. The van der Waals surface area contributed by atoms with Crippen LogP contribution in [0.5, 0.6) is 0 Å².